The highest BCUT2D eigenvalue weighted by atomic mass is 16.3. The molecule has 0 atom stereocenters. The number of benzene rings is 1. The minimum Gasteiger partial charge on any atom is -0.463 e. The fourth-order valence-corrected chi connectivity index (χ4v) is 4.41. The van der Waals surface area contributed by atoms with Gasteiger partial charge in [0, 0.05) is 43.7 Å². The first kappa shape index (κ1) is 20.4. The minimum atomic E-state index is -0.285. The maximum absolute atomic E-state index is 12.6. The van der Waals surface area contributed by atoms with Crippen LogP contribution in [-0.4, -0.2) is 48.1 Å². The van der Waals surface area contributed by atoms with E-state index in [2.05, 4.69) is 19.9 Å². The van der Waals surface area contributed by atoms with Crippen LogP contribution in [0.4, 0.5) is 0 Å². The molecular weight excluding hydrogens is 432 g/mol. The van der Waals surface area contributed by atoms with Gasteiger partial charge in [0.1, 0.15) is 17.8 Å². The van der Waals surface area contributed by atoms with E-state index in [1.807, 2.05) is 18.3 Å². The van der Waals surface area contributed by atoms with Crippen molar-refractivity contribution in [1.82, 2.24) is 29.7 Å². The normalized spacial score (nSPS) is 15.5. The molecule has 0 radical (unpaired) electrons. The van der Waals surface area contributed by atoms with E-state index in [9.17, 15) is 9.59 Å². The maximum Gasteiger partial charge on any atom is 0.261 e. The Bertz CT molecular complexity index is 1370. The molecule has 2 aliphatic rings. The van der Waals surface area contributed by atoms with Crippen molar-refractivity contribution < 1.29 is 14.0 Å². The van der Waals surface area contributed by atoms with Gasteiger partial charge in [-0.05, 0) is 24.3 Å². The standard InChI is InChI=1S/C25H20N6O3/c32-24-20-3-1-2-4-21(20)25(33)31(24)14-19-6-5-18(34-19)13-30-8-7-22-17(12-30)11-28-23(29-22)16-9-26-15-27-10-16/h1-6,9-11,15H,7-8,12-14H2. The van der Waals surface area contributed by atoms with Gasteiger partial charge in [-0.3, -0.25) is 19.4 Å². The molecule has 0 aliphatic carbocycles. The van der Waals surface area contributed by atoms with Crippen LogP contribution >= 0.6 is 0 Å². The lowest BCUT2D eigenvalue weighted by atomic mass is 10.1. The van der Waals surface area contributed by atoms with Crippen molar-refractivity contribution in [3.63, 3.8) is 0 Å². The molecule has 9 nitrogen and oxygen atoms in total. The van der Waals surface area contributed by atoms with E-state index in [0.717, 1.165) is 42.1 Å². The Hall–Kier alpha value is -4.24. The highest BCUT2D eigenvalue weighted by Gasteiger charge is 2.35. The molecule has 3 aromatic heterocycles. The quantitative estimate of drug-likeness (QED) is 0.426. The van der Waals surface area contributed by atoms with E-state index in [0.29, 0.717) is 29.3 Å². The molecule has 0 spiro atoms. The summed E-state index contributed by atoms with van der Waals surface area (Å²) in [5, 5.41) is 0. The second-order valence-electron chi connectivity index (χ2n) is 8.36. The number of hydrogen-bond donors (Lipinski definition) is 0. The number of hydrogen-bond acceptors (Lipinski definition) is 8. The molecule has 4 aromatic rings. The predicted octanol–water partition coefficient (Wildman–Crippen LogP) is 2.88. The van der Waals surface area contributed by atoms with Crippen LogP contribution in [0, 0.1) is 0 Å². The number of aromatic nitrogens is 4. The van der Waals surface area contributed by atoms with E-state index < -0.39 is 0 Å². The van der Waals surface area contributed by atoms with Crippen molar-refractivity contribution in [2.24, 2.45) is 0 Å². The third-order valence-electron chi connectivity index (χ3n) is 6.12. The summed E-state index contributed by atoms with van der Waals surface area (Å²) in [6.07, 6.45) is 7.58. The molecule has 2 amide bonds. The van der Waals surface area contributed by atoms with Crippen LogP contribution in [0.1, 0.15) is 43.5 Å². The smallest absolute Gasteiger partial charge is 0.261 e. The van der Waals surface area contributed by atoms with Gasteiger partial charge in [-0.2, -0.15) is 0 Å². The summed E-state index contributed by atoms with van der Waals surface area (Å²) >= 11 is 0. The third-order valence-corrected chi connectivity index (χ3v) is 6.12. The van der Waals surface area contributed by atoms with E-state index >= 15 is 0 Å². The molecule has 1 aromatic carbocycles. The molecule has 34 heavy (non-hydrogen) atoms. The number of imide groups is 1. The Morgan fingerprint density at radius 3 is 2.32 bits per heavy atom. The van der Waals surface area contributed by atoms with Gasteiger partial charge in [0.15, 0.2) is 5.82 Å². The van der Waals surface area contributed by atoms with E-state index in [1.54, 1.807) is 36.7 Å². The highest BCUT2D eigenvalue weighted by molar-refractivity contribution is 6.21. The molecule has 0 bridgehead atoms. The van der Waals surface area contributed by atoms with Crippen molar-refractivity contribution >= 4 is 11.8 Å². The van der Waals surface area contributed by atoms with Crippen LogP contribution in [0.2, 0.25) is 0 Å². The first-order valence-corrected chi connectivity index (χ1v) is 11.0. The van der Waals surface area contributed by atoms with Gasteiger partial charge in [0.25, 0.3) is 11.8 Å². The fraction of sp³-hybridized carbons (Fsp3) is 0.200. The van der Waals surface area contributed by atoms with Crippen molar-refractivity contribution in [3.05, 3.63) is 95.2 Å². The van der Waals surface area contributed by atoms with Crippen LogP contribution in [0.15, 0.2) is 65.7 Å². The summed E-state index contributed by atoms with van der Waals surface area (Å²) in [7, 11) is 0. The van der Waals surface area contributed by atoms with Gasteiger partial charge in [-0.15, -0.1) is 0 Å². The second-order valence-corrected chi connectivity index (χ2v) is 8.36. The molecule has 2 aliphatic heterocycles. The number of carbonyl (C=O) groups is 2. The maximum atomic E-state index is 12.6. The first-order chi connectivity index (χ1) is 16.7. The van der Waals surface area contributed by atoms with Crippen molar-refractivity contribution in [1.29, 1.82) is 0 Å². The molecule has 0 saturated heterocycles. The highest BCUT2D eigenvalue weighted by Crippen LogP contribution is 2.26. The van der Waals surface area contributed by atoms with Gasteiger partial charge in [0.2, 0.25) is 0 Å². The summed E-state index contributed by atoms with van der Waals surface area (Å²) in [4.78, 5) is 46.0. The largest absolute Gasteiger partial charge is 0.463 e. The number of fused-ring (bicyclic) bond motifs is 2. The molecule has 168 valence electrons. The SMILES string of the molecule is O=C1c2ccccc2C(=O)N1Cc1ccc(CN2CCc3nc(-c4cncnc4)ncc3C2)o1. The van der Waals surface area contributed by atoms with E-state index in [1.165, 1.54) is 11.2 Å². The molecule has 0 N–H and O–H groups in total. The van der Waals surface area contributed by atoms with E-state index in [4.69, 9.17) is 9.40 Å². The summed E-state index contributed by atoms with van der Waals surface area (Å²) in [6, 6.07) is 10.6. The molecule has 0 fully saturated rings. The Balaban J connectivity index is 1.11. The molecule has 6 rings (SSSR count). The monoisotopic (exact) mass is 452 g/mol. The van der Waals surface area contributed by atoms with Gasteiger partial charge in [0.05, 0.1) is 35.5 Å². The topological polar surface area (TPSA) is 105 Å². The zero-order valence-electron chi connectivity index (χ0n) is 18.2. The van der Waals surface area contributed by atoms with Crippen LogP contribution in [0.25, 0.3) is 11.4 Å². The van der Waals surface area contributed by atoms with Crippen molar-refractivity contribution in [3.8, 4) is 11.4 Å². The third kappa shape index (κ3) is 3.65. The lowest BCUT2D eigenvalue weighted by Crippen LogP contribution is -2.31. The van der Waals surface area contributed by atoms with Crippen LogP contribution in [0.3, 0.4) is 0 Å². The Labute approximate surface area is 195 Å². The molecule has 0 unspecified atom stereocenters. The summed E-state index contributed by atoms with van der Waals surface area (Å²) < 4.78 is 5.98. The van der Waals surface area contributed by atoms with Crippen LogP contribution < -0.4 is 0 Å². The molecule has 5 heterocycles. The number of furan rings is 1. The number of rotatable bonds is 5. The molecule has 0 saturated carbocycles. The zero-order valence-corrected chi connectivity index (χ0v) is 18.2. The van der Waals surface area contributed by atoms with Gasteiger partial charge >= 0.3 is 0 Å². The van der Waals surface area contributed by atoms with Crippen LogP contribution in [-0.2, 0) is 26.1 Å². The number of nitrogens with zero attached hydrogens (tertiary/aromatic N) is 6. The lowest BCUT2D eigenvalue weighted by molar-refractivity contribution is 0.0630. The van der Waals surface area contributed by atoms with Crippen LogP contribution in [0.5, 0.6) is 0 Å². The number of amides is 2. The first-order valence-electron chi connectivity index (χ1n) is 11.0. The number of carbonyl (C=O) groups excluding carboxylic acids is 2. The average Bonchev–Trinajstić information content (AvgIpc) is 3.42. The van der Waals surface area contributed by atoms with Gasteiger partial charge < -0.3 is 4.42 Å². The summed E-state index contributed by atoms with van der Waals surface area (Å²) in [5.41, 5.74) is 3.81. The van der Waals surface area contributed by atoms with E-state index in [-0.39, 0.29) is 18.4 Å². The van der Waals surface area contributed by atoms with Gasteiger partial charge in [-0.1, -0.05) is 12.1 Å². The van der Waals surface area contributed by atoms with Crippen molar-refractivity contribution in [2.45, 2.75) is 26.1 Å². The molecule has 9 heteroatoms. The predicted molar refractivity (Wildman–Crippen MR) is 120 cm³/mol. The van der Waals surface area contributed by atoms with Gasteiger partial charge in [-0.25, -0.2) is 19.9 Å². The second kappa shape index (κ2) is 8.27. The fourth-order valence-electron chi connectivity index (χ4n) is 4.41. The molecular formula is C25H20N6O3. The lowest BCUT2D eigenvalue weighted by Gasteiger charge is -2.27. The Morgan fingerprint density at radius 2 is 1.59 bits per heavy atom. The van der Waals surface area contributed by atoms with Crippen molar-refractivity contribution in [2.75, 3.05) is 6.54 Å². The average molecular weight is 452 g/mol. The Kier molecular flexibility index (Phi) is 4.96. The minimum absolute atomic E-state index is 0.120. The summed E-state index contributed by atoms with van der Waals surface area (Å²) in [6.45, 7) is 2.29. The zero-order chi connectivity index (χ0) is 23.1. The Morgan fingerprint density at radius 1 is 0.882 bits per heavy atom. The summed E-state index contributed by atoms with van der Waals surface area (Å²) in [5.74, 6) is 1.44.